The molecule has 3 fully saturated rings. The Labute approximate surface area is 148 Å². The molecule has 6 atom stereocenters. The van der Waals surface area contributed by atoms with Gasteiger partial charge in [0.25, 0.3) is 0 Å². The molecule has 6 unspecified atom stereocenters. The van der Waals surface area contributed by atoms with Gasteiger partial charge in [-0.2, -0.15) is 0 Å². The van der Waals surface area contributed by atoms with Crippen LogP contribution in [0.15, 0.2) is 0 Å². The average molecular weight is 339 g/mol. The summed E-state index contributed by atoms with van der Waals surface area (Å²) in [5.74, 6) is 1.58. The van der Waals surface area contributed by atoms with E-state index in [2.05, 4.69) is 20.8 Å². The minimum Gasteiger partial charge on any atom is -0.396 e. The van der Waals surface area contributed by atoms with Gasteiger partial charge in [-0.15, -0.1) is 0 Å². The molecule has 3 nitrogen and oxygen atoms in total. The molecule has 3 aliphatic rings. The Kier molecular flexibility index (Phi) is 5.10. The second-order valence-corrected chi connectivity index (χ2v) is 10.0. The van der Waals surface area contributed by atoms with Gasteiger partial charge in [0.15, 0.2) is 0 Å². The summed E-state index contributed by atoms with van der Waals surface area (Å²) in [5.41, 5.74) is 0.352. The van der Waals surface area contributed by atoms with Gasteiger partial charge in [0.2, 0.25) is 0 Å². The van der Waals surface area contributed by atoms with Crippen LogP contribution < -0.4 is 0 Å². The second-order valence-electron chi connectivity index (χ2n) is 10.0. The molecule has 0 aliphatic heterocycles. The minimum atomic E-state index is -0.391. The molecule has 0 aromatic rings. The molecule has 3 rings (SSSR count). The van der Waals surface area contributed by atoms with Crippen molar-refractivity contribution in [1.82, 2.24) is 0 Å². The van der Waals surface area contributed by atoms with Crippen LogP contribution in [0.2, 0.25) is 0 Å². The van der Waals surface area contributed by atoms with Crippen molar-refractivity contribution in [3.8, 4) is 0 Å². The van der Waals surface area contributed by atoms with Gasteiger partial charge in [-0.25, -0.2) is 0 Å². The third-order valence-corrected chi connectivity index (χ3v) is 8.44. The van der Waals surface area contributed by atoms with Crippen LogP contribution in [0.25, 0.3) is 0 Å². The molecule has 24 heavy (non-hydrogen) atoms. The lowest BCUT2D eigenvalue weighted by molar-refractivity contribution is -0.183. The van der Waals surface area contributed by atoms with Gasteiger partial charge in [-0.05, 0) is 73.5 Å². The SMILES string of the molecule is COCC1CCC2C3(C)CCCC(C)(C)C3CCC2(CO)C(O)C1. The van der Waals surface area contributed by atoms with E-state index in [1.807, 2.05) is 0 Å². The Morgan fingerprint density at radius 3 is 2.42 bits per heavy atom. The number of methoxy groups -OCH3 is 1. The average Bonchev–Trinajstić information content (AvgIpc) is 2.65. The molecule has 3 heteroatoms. The lowest BCUT2D eigenvalue weighted by Gasteiger charge is -2.63. The van der Waals surface area contributed by atoms with Crippen molar-refractivity contribution in [2.45, 2.75) is 78.2 Å². The Morgan fingerprint density at radius 2 is 1.75 bits per heavy atom. The summed E-state index contributed by atoms with van der Waals surface area (Å²) in [4.78, 5) is 0. The molecule has 140 valence electrons. The standard InChI is InChI=1S/C21H38O3/c1-19(2)9-5-10-20(3)16(19)8-11-21(14-22)17(20)7-6-15(13-24-4)12-18(21)23/h15-18,22-23H,5-14H2,1-4H3. The van der Waals surface area contributed by atoms with Crippen LogP contribution in [0.3, 0.4) is 0 Å². The quantitative estimate of drug-likeness (QED) is 0.817. The first-order valence-corrected chi connectivity index (χ1v) is 10.1. The summed E-state index contributed by atoms with van der Waals surface area (Å²) in [5, 5.41) is 21.6. The summed E-state index contributed by atoms with van der Waals surface area (Å²) < 4.78 is 5.40. The molecule has 0 saturated heterocycles. The molecule has 0 heterocycles. The van der Waals surface area contributed by atoms with Crippen molar-refractivity contribution in [3.05, 3.63) is 0 Å². The predicted molar refractivity (Wildman–Crippen MR) is 96.7 cm³/mol. The van der Waals surface area contributed by atoms with E-state index in [0.29, 0.717) is 17.3 Å². The first-order valence-electron chi connectivity index (χ1n) is 10.1. The van der Waals surface area contributed by atoms with E-state index in [4.69, 9.17) is 4.74 Å². The summed E-state index contributed by atoms with van der Waals surface area (Å²) in [6, 6.07) is 0. The first-order chi connectivity index (χ1) is 11.3. The van der Waals surface area contributed by atoms with Crippen LogP contribution in [-0.2, 0) is 4.74 Å². The van der Waals surface area contributed by atoms with Gasteiger partial charge in [-0.1, -0.05) is 27.2 Å². The summed E-state index contributed by atoms with van der Waals surface area (Å²) in [6.45, 7) is 8.25. The Bertz CT molecular complexity index is 448. The number of aliphatic hydroxyl groups is 2. The van der Waals surface area contributed by atoms with Gasteiger partial charge in [0.05, 0.1) is 12.7 Å². The topological polar surface area (TPSA) is 49.7 Å². The van der Waals surface area contributed by atoms with Crippen molar-refractivity contribution >= 4 is 0 Å². The van der Waals surface area contributed by atoms with Crippen molar-refractivity contribution in [2.75, 3.05) is 20.3 Å². The van der Waals surface area contributed by atoms with Crippen LogP contribution in [0, 0.1) is 34.0 Å². The van der Waals surface area contributed by atoms with E-state index in [1.165, 1.54) is 19.3 Å². The fraction of sp³-hybridized carbons (Fsp3) is 1.00. The molecule has 0 amide bonds. The zero-order chi connectivity index (χ0) is 17.6. The monoisotopic (exact) mass is 338 g/mol. The normalized spacial score (nSPS) is 48.2. The van der Waals surface area contributed by atoms with Crippen molar-refractivity contribution < 1.29 is 14.9 Å². The predicted octanol–water partition coefficient (Wildman–Crippen LogP) is 4.02. The number of fused-ring (bicyclic) bond motifs is 3. The molecule has 2 N–H and O–H groups in total. The van der Waals surface area contributed by atoms with Gasteiger partial charge >= 0.3 is 0 Å². The zero-order valence-electron chi connectivity index (χ0n) is 16.2. The summed E-state index contributed by atoms with van der Waals surface area (Å²) in [7, 11) is 1.76. The second kappa shape index (κ2) is 6.55. The summed E-state index contributed by atoms with van der Waals surface area (Å²) in [6.07, 6.45) is 8.67. The van der Waals surface area contributed by atoms with Crippen molar-refractivity contribution in [1.29, 1.82) is 0 Å². The highest BCUT2D eigenvalue weighted by molar-refractivity contribution is 5.10. The molecule has 0 aromatic carbocycles. The number of hydrogen-bond donors (Lipinski definition) is 2. The lowest BCUT2D eigenvalue weighted by atomic mass is 9.42. The van der Waals surface area contributed by atoms with Gasteiger partial charge < -0.3 is 14.9 Å². The fourth-order valence-corrected chi connectivity index (χ4v) is 7.32. The zero-order valence-corrected chi connectivity index (χ0v) is 16.2. The molecule has 3 aliphatic carbocycles. The first kappa shape index (κ1) is 18.7. The van der Waals surface area contributed by atoms with Gasteiger partial charge in [0.1, 0.15) is 0 Å². The molecule has 3 saturated carbocycles. The van der Waals surface area contributed by atoms with Crippen LogP contribution in [-0.4, -0.2) is 36.6 Å². The molecular weight excluding hydrogens is 300 g/mol. The maximum absolute atomic E-state index is 11.2. The van der Waals surface area contributed by atoms with Crippen LogP contribution in [0.1, 0.15) is 72.1 Å². The van der Waals surface area contributed by atoms with E-state index in [9.17, 15) is 10.2 Å². The Morgan fingerprint density at radius 1 is 1.00 bits per heavy atom. The van der Waals surface area contributed by atoms with E-state index >= 15 is 0 Å². The fourth-order valence-electron chi connectivity index (χ4n) is 7.32. The van der Waals surface area contributed by atoms with Crippen LogP contribution >= 0.6 is 0 Å². The maximum Gasteiger partial charge on any atom is 0.0624 e. The molecule has 0 aromatic heterocycles. The van der Waals surface area contributed by atoms with E-state index < -0.39 is 6.10 Å². The third kappa shape index (κ3) is 2.75. The molecular formula is C21H38O3. The lowest BCUT2D eigenvalue weighted by Crippen LogP contribution is -2.59. The minimum absolute atomic E-state index is 0.140. The number of hydrogen-bond acceptors (Lipinski definition) is 3. The molecule has 0 bridgehead atoms. The van der Waals surface area contributed by atoms with Crippen molar-refractivity contribution in [3.63, 3.8) is 0 Å². The largest absolute Gasteiger partial charge is 0.396 e. The van der Waals surface area contributed by atoms with Crippen LogP contribution in [0.5, 0.6) is 0 Å². The van der Waals surface area contributed by atoms with Gasteiger partial charge in [-0.3, -0.25) is 0 Å². The molecule has 0 radical (unpaired) electrons. The Balaban J connectivity index is 1.97. The molecule has 0 spiro atoms. The van der Waals surface area contributed by atoms with Crippen LogP contribution in [0.4, 0.5) is 0 Å². The van der Waals surface area contributed by atoms with Crippen molar-refractivity contribution in [2.24, 2.45) is 34.0 Å². The van der Waals surface area contributed by atoms with Gasteiger partial charge in [0, 0.05) is 19.1 Å². The highest BCUT2D eigenvalue weighted by atomic mass is 16.5. The number of ether oxygens (including phenoxy) is 1. The van der Waals surface area contributed by atoms with E-state index in [-0.39, 0.29) is 17.4 Å². The highest BCUT2D eigenvalue weighted by Gasteiger charge is 2.61. The summed E-state index contributed by atoms with van der Waals surface area (Å²) >= 11 is 0. The highest BCUT2D eigenvalue weighted by Crippen LogP contribution is 2.67. The Hall–Kier alpha value is -0.120. The van der Waals surface area contributed by atoms with E-state index in [0.717, 1.165) is 44.6 Å². The number of aliphatic hydroxyl groups excluding tert-OH is 2. The smallest absolute Gasteiger partial charge is 0.0624 e. The number of rotatable bonds is 3. The van der Waals surface area contributed by atoms with E-state index in [1.54, 1.807) is 7.11 Å². The third-order valence-electron chi connectivity index (χ3n) is 8.44. The maximum atomic E-state index is 11.2.